The second kappa shape index (κ2) is 5.27. The van der Waals surface area contributed by atoms with Crippen LogP contribution in [0.1, 0.15) is 18.1 Å². The predicted octanol–water partition coefficient (Wildman–Crippen LogP) is 3.72. The maximum atomic E-state index is 12.4. The average molecular weight is 298 g/mol. The first-order chi connectivity index (χ1) is 8.95. The van der Waals surface area contributed by atoms with Crippen molar-refractivity contribution >= 4 is 23.2 Å². The van der Waals surface area contributed by atoms with Crippen LogP contribution in [0.3, 0.4) is 0 Å². The Hall–Kier alpha value is -1.45. The summed E-state index contributed by atoms with van der Waals surface area (Å²) in [6.07, 6.45) is 0.593. The quantitative estimate of drug-likeness (QED) is 0.918. The number of nitrogens with zero attached hydrogens (tertiary/aromatic N) is 1. The molecular formula is C14H13Cl2NO2. The van der Waals surface area contributed by atoms with Gasteiger partial charge >= 0.3 is 0 Å². The van der Waals surface area contributed by atoms with E-state index in [1.807, 2.05) is 6.92 Å². The Bertz CT molecular complexity index is 693. The van der Waals surface area contributed by atoms with Crippen molar-refractivity contribution in [1.29, 1.82) is 0 Å². The van der Waals surface area contributed by atoms with Crippen LogP contribution in [0, 0.1) is 6.92 Å². The molecule has 0 fully saturated rings. The van der Waals surface area contributed by atoms with Crippen molar-refractivity contribution in [1.82, 2.24) is 4.57 Å². The lowest BCUT2D eigenvalue weighted by molar-refractivity contribution is 0.434. The van der Waals surface area contributed by atoms with Crippen molar-refractivity contribution < 1.29 is 5.11 Å². The van der Waals surface area contributed by atoms with Crippen LogP contribution in [-0.4, -0.2) is 9.67 Å². The first kappa shape index (κ1) is 14.0. The topological polar surface area (TPSA) is 42.2 Å². The van der Waals surface area contributed by atoms with Crippen LogP contribution in [0.15, 0.2) is 29.1 Å². The van der Waals surface area contributed by atoms with Gasteiger partial charge in [-0.25, -0.2) is 4.57 Å². The number of rotatable bonds is 2. The highest BCUT2D eigenvalue weighted by molar-refractivity contribution is 6.35. The van der Waals surface area contributed by atoms with Crippen LogP contribution in [-0.2, 0) is 6.42 Å². The molecule has 0 bridgehead atoms. The summed E-state index contributed by atoms with van der Waals surface area (Å²) in [6.45, 7) is 3.70. The zero-order valence-corrected chi connectivity index (χ0v) is 12.1. The molecule has 0 radical (unpaired) electrons. The minimum atomic E-state index is -0.260. The molecule has 1 heterocycles. The fraction of sp³-hybridized carbons (Fsp3) is 0.214. The van der Waals surface area contributed by atoms with Gasteiger partial charge in [0.25, 0.3) is 5.56 Å². The molecule has 0 atom stereocenters. The second-order valence-corrected chi connectivity index (χ2v) is 5.10. The minimum absolute atomic E-state index is 0.135. The van der Waals surface area contributed by atoms with E-state index in [2.05, 4.69) is 0 Å². The van der Waals surface area contributed by atoms with E-state index in [0.717, 1.165) is 5.56 Å². The lowest BCUT2D eigenvalue weighted by Gasteiger charge is -2.13. The largest absolute Gasteiger partial charge is 0.494 e. The Balaban J connectivity index is 2.79. The van der Waals surface area contributed by atoms with Gasteiger partial charge in [0.2, 0.25) is 0 Å². The number of hydrogen-bond donors (Lipinski definition) is 1. The molecule has 0 spiro atoms. The molecule has 1 aromatic carbocycles. The van der Waals surface area contributed by atoms with Gasteiger partial charge in [-0.15, -0.1) is 0 Å². The van der Waals surface area contributed by atoms with Crippen molar-refractivity contribution in [2.75, 3.05) is 0 Å². The molecule has 0 unspecified atom stereocenters. The second-order valence-electron chi connectivity index (χ2n) is 4.25. The zero-order chi connectivity index (χ0) is 14.2. The molecule has 19 heavy (non-hydrogen) atoms. The smallest absolute Gasteiger partial charge is 0.261 e. The highest BCUT2D eigenvalue weighted by atomic mass is 35.5. The van der Waals surface area contributed by atoms with Gasteiger partial charge in [-0.05, 0) is 37.1 Å². The normalized spacial score (nSPS) is 10.7. The number of pyridine rings is 1. The Morgan fingerprint density at radius 2 is 1.95 bits per heavy atom. The fourth-order valence-electron chi connectivity index (χ4n) is 2.08. The molecule has 1 aromatic heterocycles. The molecule has 3 nitrogen and oxygen atoms in total. The lowest BCUT2D eigenvalue weighted by atomic mass is 10.1. The summed E-state index contributed by atoms with van der Waals surface area (Å²) < 4.78 is 1.20. The van der Waals surface area contributed by atoms with Crippen molar-refractivity contribution in [3.8, 4) is 11.6 Å². The lowest BCUT2D eigenvalue weighted by Crippen LogP contribution is -2.23. The maximum absolute atomic E-state index is 12.4. The van der Waals surface area contributed by atoms with Crippen LogP contribution in [0.2, 0.25) is 10.0 Å². The van der Waals surface area contributed by atoms with E-state index < -0.39 is 0 Å². The molecule has 0 aliphatic rings. The molecule has 0 saturated heterocycles. The summed E-state index contributed by atoms with van der Waals surface area (Å²) in [7, 11) is 0. The Labute approximate surface area is 121 Å². The first-order valence-electron chi connectivity index (χ1n) is 5.85. The van der Waals surface area contributed by atoms with E-state index >= 15 is 0 Å². The summed E-state index contributed by atoms with van der Waals surface area (Å²) in [5.74, 6) is -0.135. The average Bonchev–Trinajstić information content (AvgIpc) is 2.31. The van der Waals surface area contributed by atoms with E-state index in [0.29, 0.717) is 27.7 Å². The number of aromatic hydroxyl groups is 1. The molecule has 0 saturated carbocycles. The van der Waals surface area contributed by atoms with Crippen LogP contribution in [0.4, 0.5) is 0 Å². The van der Waals surface area contributed by atoms with Gasteiger partial charge in [-0.2, -0.15) is 0 Å². The Morgan fingerprint density at radius 3 is 2.53 bits per heavy atom. The van der Waals surface area contributed by atoms with Crippen molar-refractivity contribution in [3.63, 3.8) is 0 Å². The minimum Gasteiger partial charge on any atom is -0.494 e. The third-order valence-electron chi connectivity index (χ3n) is 3.02. The molecule has 1 N–H and O–H groups in total. The molecular weight excluding hydrogens is 285 g/mol. The van der Waals surface area contributed by atoms with Crippen LogP contribution < -0.4 is 5.56 Å². The van der Waals surface area contributed by atoms with Crippen molar-refractivity contribution in [2.45, 2.75) is 20.3 Å². The molecule has 0 aliphatic heterocycles. The number of aromatic nitrogens is 1. The summed E-state index contributed by atoms with van der Waals surface area (Å²) in [4.78, 5) is 12.4. The monoisotopic (exact) mass is 297 g/mol. The van der Waals surface area contributed by atoms with Crippen molar-refractivity contribution in [3.05, 3.63) is 55.8 Å². The van der Waals surface area contributed by atoms with E-state index in [-0.39, 0.29) is 11.4 Å². The van der Waals surface area contributed by atoms with Gasteiger partial charge in [-0.3, -0.25) is 4.79 Å². The number of hydrogen-bond acceptors (Lipinski definition) is 2. The maximum Gasteiger partial charge on any atom is 0.261 e. The van der Waals surface area contributed by atoms with E-state index in [1.54, 1.807) is 25.1 Å². The number of halogens is 2. The third-order valence-corrected chi connectivity index (χ3v) is 3.55. The van der Waals surface area contributed by atoms with Crippen molar-refractivity contribution in [2.24, 2.45) is 0 Å². The molecule has 2 aromatic rings. The Kier molecular flexibility index (Phi) is 3.88. The fourth-order valence-corrected chi connectivity index (χ4v) is 2.57. The van der Waals surface area contributed by atoms with Gasteiger partial charge in [0.1, 0.15) is 0 Å². The predicted molar refractivity (Wildman–Crippen MR) is 77.8 cm³/mol. The van der Waals surface area contributed by atoms with E-state index in [1.165, 1.54) is 10.6 Å². The van der Waals surface area contributed by atoms with Gasteiger partial charge in [-0.1, -0.05) is 30.1 Å². The third kappa shape index (κ3) is 2.48. The molecule has 2 rings (SSSR count). The summed E-state index contributed by atoms with van der Waals surface area (Å²) in [5.41, 5.74) is 1.59. The van der Waals surface area contributed by atoms with Crippen LogP contribution >= 0.6 is 23.2 Å². The summed E-state index contributed by atoms with van der Waals surface area (Å²) in [5, 5.41) is 10.8. The van der Waals surface area contributed by atoms with Gasteiger partial charge in [0, 0.05) is 16.7 Å². The molecule has 100 valence electrons. The molecule has 5 heteroatoms. The zero-order valence-electron chi connectivity index (χ0n) is 10.6. The summed E-state index contributed by atoms with van der Waals surface area (Å²) in [6, 6.07) is 6.33. The van der Waals surface area contributed by atoms with E-state index in [4.69, 9.17) is 23.2 Å². The number of benzene rings is 1. The van der Waals surface area contributed by atoms with E-state index in [9.17, 15) is 9.90 Å². The van der Waals surface area contributed by atoms with Crippen LogP contribution in [0.5, 0.6) is 5.88 Å². The van der Waals surface area contributed by atoms with Gasteiger partial charge in [0.05, 0.1) is 10.7 Å². The standard InChI is InChI=1S/C14H13Cl2NO2/c1-3-10-8(2)6-13(18)17(14(10)19)12-5-4-9(15)7-11(12)16/h4-7,18H,3H2,1-2H3. The first-order valence-corrected chi connectivity index (χ1v) is 6.61. The molecule has 0 aliphatic carbocycles. The van der Waals surface area contributed by atoms with Gasteiger partial charge in [0.15, 0.2) is 5.88 Å². The SMILES string of the molecule is CCc1c(C)cc(O)n(-c2ccc(Cl)cc2Cl)c1=O. The summed E-state index contributed by atoms with van der Waals surface area (Å²) >= 11 is 11.9. The highest BCUT2D eigenvalue weighted by Gasteiger charge is 2.14. The Morgan fingerprint density at radius 1 is 1.26 bits per heavy atom. The van der Waals surface area contributed by atoms with Crippen LogP contribution in [0.25, 0.3) is 5.69 Å². The number of aryl methyl sites for hydroxylation is 1. The highest BCUT2D eigenvalue weighted by Crippen LogP contribution is 2.27. The van der Waals surface area contributed by atoms with Gasteiger partial charge < -0.3 is 5.11 Å². The molecule has 0 amide bonds.